The third-order valence-electron chi connectivity index (χ3n) is 3.20. The summed E-state index contributed by atoms with van der Waals surface area (Å²) in [6.07, 6.45) is 0.566. The molecule has 1 atom stereocenters. The summed E-state index contributed by atoms with van der Waals surface area (Å²) in [5.41, 5.74) is 2.82. The van der Waals surface area contributed by atoms with Gasteiger partial charge in [0.25, 0.3) is 0 Å². The summed E-state index contributed by atoms with van der Waals surface area (Å²) in [5.74, 6) is 2.37. The van der Waals surface area contributed by atoms with Crippen LogP contribution < -0.4 is 5.32 Å². The Morgan fingerprint density at radius 1 is 1.44 bits per heavy atom. The first-order valence-corrected chi connectivity index (χ1v) is 7.43. The van der Waals surface area contributed by atoms with Gasteiger partial charge >= 0.3 is 0 Å². The van der Waals surface area contributed by atoms with E-state index in [2.05, 4.69) is 29.6 Å². The third kappa shape index (κ3) is 3.27. The first-order valence-electron chi connectivity index (χ1n) is 6.27. The summed E-state index contributed by atoms with van der Waals surface area (Å²) in [5, 5.41) is 3.50. The first kappa shape index (κ1) is 13.4. The first-order chi connectivity index (χ1) is 8.68. The molecule has 1 aliphatic heterocycles. The molecule has 1 aliphatic rings. The Morgan fingerprint density at radius 2 is 2.22 bits per heavy atom. The van der Waals surface area contributed by atoms with E-state index in [1.807, 2.05) is 11.8 Å². The Balaban J connectivity index is 1.90. The van der Waals surface area contributed by atoms with Gasteiger partial charge in [-0.05, 0) is 11.1 Å². The van der Waals surface area contributed by atoms with Crippen molar-refractivity contribution in [1.29, 1.82) is 0 Å². The van der Waals surface area contributed by atoms with Crippen LogP contribution in [0.3, 0.4) is 0 Å². The highest BCUT2D eigenvalue weighted by molar-refractivity contribution is 7.98. The number of benzene rings is 1. The van der Waals surface area contributed by atoms with Gasteiger partial charge in [0.2, 0.25) is 5.91 Å². The highest BCUT2D eigenvalue weighted by Gasteiger charge is 2.19. The van der Waals surface area contributed by atoms with Crippen LogP contribution in [0.15, 0.2) is 24.3 Å². The predicted molar refractivity (Wildman–Crippen MR) is 76.7 cm³/mol. The van der Waals surface area contributed by atoms with Crippen molar-refractivity contribution in [2.45, 2.75) is 18.2 Å². The van der Waals surface area contributed by atoms with Gasteiger partial charge in [0, 0.05) is 44.6 Å². The molecule has 1 heterocycles. The van der Waals surface area contributed by atoms with Crippen molar-refractivity contribution in [1.82, 2.24) is 10.2 Å². The minimum atomic E-state index is 0.180. The maximum atomic E-state index is 11.5. The fraction of sp³-hybridized carbons (Fsp3) is 0.500. The Kier molecular flexibility index (Phi) is 4.66. The number of nitrogens with zero attached hydrogens (tertiary/aromatic N) is 1. The molecule has 0 saturated carbocycles. The second-order valence-electron chi connectivity index (χ2n) is 4.76. The largest absolute Gasteiger partial charge is 0.349 e. The fourth-order valence-electron chi connectivity index (χ4n) is 2.13. The van der Waals surface area contributed by atoms with Gasteiger partial charge in [-0.3, -0.25) is 4.79 Å². The lowest BCUT2D eigenvalue weighted by Gasteiger charge is -2.26. The van der Waals surface area contributed by atoms with E-state index in [1.54, 1.807) is 19.0 Å². The average molecular weight is 264 g/mol. The van der Waals surface area contributed by atoms with Gasteiger partial charge in [-0.25, -0.2) is 0 Å². The minimum Gasteiger partial charge on any atom is -0.349 e. The predicted octanol–water partition coefficient (Wildman–Crippen LogP) is 2.04. The van der Waals surface area contributed by atoms with E-state index in [0.29, 0.717) is 12.5 Å². The number of carbonyl (C=O) groups is 1. The topological polar surface area (TPSA) is 32.3 Å². The molecule has 4 heteroatoms. The van der Waals surface area contributed by atoms with Crippen LogP contribution in [0, 0.1) is 0 Å². The van der Waals surface area contributed by atoms with Crippen LogP contribution in [0.1, 0.15) is 23.6 Å². The van der Waals surface area contributed by atoms with Crippen molar-refractivity contribution >= 4 is 17.7 Å². The van der Waals surface area contributed by atoms with Crippen LogP contribution >= 0.6 is 11.8 Å². The van der Waals surface area contributed by atoms with E-state index in [-0.39, 0.29) is 5.91 Å². The molecular formula is C14H20N2OS. The lowest BCUT2D eigenvalue weighted by molar-refractivity contribution is -0.128. The molecule has 2 rings (SSSR count). The fourth-order valence-corrected chi connectivity index (χ4v) is 3.26. The van der Waals surface area contributed by atoms with Gasteiger partial charge in [-0.2, -0.15) is 11.8 Å². The normalized spacial score (nSPS) is 18.2. The molecule has 0 radical (unpaired) electrons. The Morgan fingerprint density at radius 3 is 3.00 bits per heavy atom. The quantitative estimate of drug-likeness (QED) is 0.903. The van der Waals surface area contributed by atoms with E-state index >= 15 is 0 Å². The van der Waals surface area contributed by atoms with Crippen molar-refractivity contribution in [2.24, 2.45) is 0 Å². The standard InChI is InChI=1S/C14H20N2OS/c1-16(2)14(17)7-8-15-13-10-18-9-11-5-3-4-6-12(11)13/h3-6,13,15H,7-10H2,1-2H3. The number of rotatable bonds is 4. The molecule has 18 heavy (non-hydrogen) atoms. The molecule has 0 saturated heterocycles. The molecule has 0 spiro atoms. The number of carbonyl (C=O) groups excluding carboxylic acids is 1. The molecule has 0 aliphatic carbocycles. The molecular weight excluding hydrogens is 244 g/mol. The zero-order valence-corrected chi connectivity index (χ0v) is 11.8. The van der Waals surface area contributed by atoms with E-state index in [0.717, 1.165) is 18.1 Å². The summed E-state index contributed by atoms with van der Waals surface area (Å²) in [7, 11) is 3.60. The zero-order chi connectivity index (χ0) is 13.0. The molecule has 98 valence electrons. The molecule has 0 fully saturated rings. The highest BCUT2D eigenvalue weighted by atomic mass is 32.2. The number of hydrogen-bond acceptors (Lipinski definition) is 3. The molecule has 1 N–H and O–H groups in total. The van der Waals surface area contributed by atoms with Gasteiger partial charge in [-0.15, -0.1) is 0 Å². The number of thioether (sulfide) groups is 1. The van der Waals surface area contributed by atoms with E-state index in [1.165, 1.54) is 11.1 Å². The molecule has 1 aromatic rings. The smallest absolute Gasteiger partial charge is 0.223 e. The van der Waals surface area contributed by atoms with Crippen molar-refractivity contribution in [3.63, 3.8) is 0 Å². The second-order valence-corrected chi connectivity index (χ2v) is 5.79. The molecule has 0 bridgehead atoms. The second kappa shape index (κ2) is 6.25. The number of amides is 1. The number of fused-ring (bicyclic) bond motifs is 1. The van der Waals surface area contributed by atoms with Crippen molar-refractivity contribution < 1.29 is 4.79 Å². The Hall–Kier alpha value is -1.00. The average Bonchev–Trinajstić information content (AvgIpc) is 2.38. The molecule has 0 aromatic heterocycles. The van der Waals surface area contributed by atoms with Gasteiger partial charge in [-0.1, -0.05) is 24.3 Å². The van der Waals surface area contributed by atoms with Gasteiger partial charge in [0.15, 0.2) is 0 Å². The maximum absolute atomic E-state index is 11.5. The molecule has 1 unspecified atom stereocenters. The summed E-state index contributed by atoms with van der Waals surface area (Å²) >= 11 is 1.95. The van der Waals surface area contributed by atoms with Crippen molar-refractivity contribution in [2.75, 3.05) is 26.4 Å². The summed E-state index contributed by atoms with van der Waals surface area (Å²) in [6.45, 7) is 0.747. The maximum Gasteiger partial charge on any atom is 0.223 e. The van der Waals surface area contributed by atoms with Crippen LogP contribution in [-0.2, 0) is 10.5 Å². The van der Waals surface area contributed by atoms with E-state index < -0.39 is 0 Å². The highest BCUT2D eigenvalue weighted by Crippen LogP contribution is 2.31. The molecule has 1 amide bonds. The van der Waals surface area contributed by atoms with Gasteiger partial charge < -0.3 is 10.2 Å². The summed E-state index contributed by atoms with van der Waals surface area (Å²) in [6, 6.07) is 8.96. The molecule has 1 aromatic carbocycles. The summed E-state index contributed by atoms with van der Waals surface area (Å²) in [4.78, 5) is 13.2. The van der Waals surface area contributed by atoms with Gasteiger partial charge in [0.1, 0.15) is 0 Å². The van der Waals surface area contributed by atoms with Crippen molar-refractivity contribution in [3.05, 3.63) is 35.4 Å². The van der Waals surface area contributed by atoms with E-state index in [4.69, 9.17) is 0 Å². The Bertz CT molecular complexity index is 420. The SMILES string of the molecule is CN(C)C(=O)CCNC1CSCc2ccccc21. The minimum absolute atomic E-state index is 0.180. The van der Waals surface area contributed by atoms with Crippen molar-refractivity contribution in [3.8, 4) is 0 Å². The monoisotopic (exact) mass is 264 g/mol. The van der Waals surface area contributed by atoms with Crippen LogP contribution in [0.4, 0.5) is 0 Å². The third-order valence-corrected chi connectivity index (χ3v) is 4.29. The Labute approximate surface area is 113 Å². The van der Waals surface area contributed by atoms with Crippen LogP contribution in [0.25, 0.3) is 0 Å². The molecule has 3 nitrogen and oxygen atoms in total. The lowest BCUT2D eigenvalue weighted by Crippen LogP contribution is -2.31. The van der Waals surface area contributed by atoms with Gasteiger partial charge in [0.05, 0.1) is 0 Å². The summed E-state index contributed by atoms with van der Waals surface area (Å²) < 4.78 is 0. The zero-order valence-electron chi connectivity index (χ0n) is 11.0. The number of nitrogens with one attached hydrogen (secondary N) is 1. The lowest BCUT2D eigenvalue weighted by atomic mass is 10.0. The van der Waals surface area contributed by atoms with Crippen LogP contribution in [0.2, 0.25) is 0 Å². The number of hydrogen-bond donors (Lipinski definition) is 1. The van der Waals surface area contributed by atoms with Crippen LogP contribution in [0.5, 0.6) is 0 Å². The van der Waals surface area contributed by atoms with Crippen LogP contribution in [-0.4, -0.2) is 37.2 Å². The van der Waals surface area contributed by atoms with E-state index in [9.17, 15) is 4.79 Å².